The zero-order valence-corrected chi connectivity index (χ0v) is 10.8. The van der Waals surface area contributed by atoms with Gasteiger partial charge in [-0.3, -0.25) is 4.98 Å². The second-order valence-corrected chi connectivity index (χ2v) is 4.52. The molecule has 0 aliphatic carbocycles. The summed E-state index contributed by atoms with van der Waals surface area (Å²) in [7, 11) is 0. The zero-order valence-electron chi connectivity index (χ0n) is 10.1. The third-order valence-corrected chi connectivity index (χ3v) is 2.37. The van der Waals surface area contributed by atoms with Crippen LogP contribution in [0.1, 0.15) is 25.6 Å². The van der Waals surface area contributed by atoms with E-state index in [4.69, 9.17) is 22.1 Å². The van der Waals surface area contributed by atoms with Crippen molar-refractivity contribution in [1.82, 2.24) is 15.0 Å². The highest BCUT2D eigenvalue weighted by Gasteiger charge is 2.08. The number of hydrogen-bond acceptors (Lipinski definition) is 5. The molecule has 0 spiro atoms. The highest BCUT2D eigenvalue weighted by atomic mass is 35.5. The Labute approximate surface area is 110 Å². The molecule has 2 aromatic rings. The topological polar surface area (TPSA) is 73.9 Å². The monoisotopic (exact) mass is 264 g/mol. The summed E-state index contributed by atoms with van der Waals surface area (Å²) in [5.74, 6) is 2.08. The van der Waals surface area contributed by atoms with E-state index in [0.29, 0.717) is 28.3 Å². The summed E-state index contributed by atoms with van der Waals surface area (Å²) in [6.45, 7) is 3.97. The molecule has 0 saturated heterocycles. The summed E-state index contributed by atoms with van der Waals surface area (Å²) in [4.78, 5) is 12.3. The third-order valence-electron chi connectivity index (χ3n) is 2.16. The molecular formula is C12H13ClN4O. The van der Waals surface area contributed by atoms with Crippen LogP contribution in [0.3, 0.4) is 0 Å². The Bertz CT molecular complexity index is 560. The van der Waals surface area contributed by atoms with E-state index in [1.165, 1.54) is 6.20 Å². The molecule has 5 nitrogen and oxygen atoms in total. The van der Waals surface area contributed by atoms with Crippen LogP contribution in [0.15, 0.2) is 24.5 Å². The minimum absolute atomic E-state index is 0.174. The van der Waals surface area contributed by atoms with Crippen molar-refractivity contribution in [3.05, 3.63) is 35.4 Å². The number of nitrogens with zero attached hydrogens (tertiary/aromatic N) is 3. The molecule has 0 unspecified atom stereocenters. The van der Waals surface area contributed by atoms with E-state index in [0.717, 1.165) is 0 Å². The van der Waals surface area contributed by atoms with Crippen molar-refractivity contribution in [3.8, 4) is 11.6 Å². The number of hydrogen-bond donors (Lipinski definition) is 1. The molecule has 2 N–H and O–H groups in total. The highest BCUT2D eigenvalue weighted by Crippen LogP contribution is 2.23. The van der Waals surface area contributed by atoms with Gasteiger partial charge < -0.3 is 10.5 Å². The molecule has 2 rings (SSSR count). The number of aromatic nitrogens is 3. The number of nitrogens with two attached hydrogens (primary N) is 1. The van der Waals surface area contributed by atoms with Gasteiger partial charge in [-0.2, -0.15) is 4.98 Å². The minimum atomic E-state index is 0.174. The van der Waals surface area contributed by atoms with E-state index < -0.39 is 0 Å². The van der Waals surface area contributed by atoms with Gasteiger partial charge in [0.1, 0.15) is 17.4 Å². The zero-order chi connectivity index (χ0) is 13.1. The fourth-order valence-corrected chi connectivity index (χ4v) is 1.50. The van der Waals surface area contributed by atoms with Crippen molar-refractivity contribution in [2.75, 3.05) is 5.73 Å². The summed E-state index contributed by atoms with van der Waals surface area (Å²) in [5.41, 5.74) is 5.71. The van der Waals surface area contributed by atoms with Crippen molar-refractivity contribution >= 4 is 17.4 Å². The number of halogens is 1. The molecule has 0 radical (unpaired) electrons. The molecule has 18 heavy (non-hydrogen) atoms. The van der Waals surface area contributed by atoms with Gasteiger partial charge in [0.15, 0.2) is 0 Å². The third kappa shape index (κ3) is 3.07. The van der Waals surface area contributed by atoms with Gasteiger partial charge in [-0.15, -0.1) is 0 Å². The molecule has 0 aromatic carbocycles. The van der Waals surface area contributed by atoms with Crippen LogP contribution in [0, 0.1) is 0 Å². The lowest BCUT2D eigenvalue weighted by atomic mass is 10.2. The first-order chi connectivity index (χ1) is 8.54. The van der Waals surface area contributed by atoms with Gasteiger partial charge >= 0.3 is 0 Å². The van der Waals surface area contributed by atoms with Crippen molar-refractivity contribution in [1.29, 1.82) is 0 Å². The number of pyridine rings is 1. The van der Waals surface area contributed by atoms with Crippen molar-refractivity contribution < 1.29 is 4.74 Å². The first-order valence-corrected chi connectivity index (χ1v) is 5.85. The summed E-state index contributed by atoms with van der Waals surface area (Å²) in [5, 5.41) is 0.499. The lowest BCUT2D eigenvalue weighted by Gasteiger charge is -2.09. The van der Waals surface area contributed by atoms with Crippen LogP contribution in [0.4, 0.5) is 5.82 Å². The molecule has 2 aromatic heterocycles. The van der Waals surface area contributed by atoms with Crippen LogP contribution in [0.2, 0.25) is 5.02 Å². The van der Waals surface area contributed by atoms with E-state index >= 15 is 0 Å². The molecule has 0 saturated carbocycles. The predicted molar refractivity (Wildman–Crippen MR) is 69.9 cm³/mol. The fourth-order valence-electron chi connectivity index (χ4n) is 1.34. The summed E-state index contributed by atoms with van der Waals surface area (Å²) in [6, 6.07) is 3.22. The Hall–Kier alpha value is -1.88. The Balaban J connectivity index is 2.29. The first kappa shape index (κ1) is 12.6. The van der Waals surface area contributed by atoms with Crippen LogP contribution < -0.4 is 10.5 Å². The molecule has 2 heterocycles. The molecule has 0 bridgehead atoms. The van der Waals surface area contributed by atoms with Crippen molar-refractivity contribution in [2.24, 2.45) is 0 Å². The predicted octanol–water partition coefficient (Wildman–Crippen LogP) is 3.02. The number of nitrogen functional groups attached to an aromatic ring is 1. The Morgan fingerprint density at radius 3 is 2.67 bits per heavy atom. The summed E-state index contributed by atoms with van der Waals surface area (Å²) in [6.07, 6.45) is 3.08. The summed E-state index contributed by atoms with van der Waals surface area (Å²) >= 11 is 5.82. The van der Waals surface area contributed by atoms with Gasteiger partial charge in [0.25, 0.3) is 0 Å². The maximum atomic E-state index is 5.82. The van der Waals surface area contributed by atoms with Gasteiger partial charge in [-0.1, -0.05) is 25.4 Å². The molecule has 0 aliphatic heterocycles. The maximum Gasteiger partial charge on any atom is 0.224 e. The van der Waals surface area contributed by atoms with E-state index in [-0.39, 0.29) is 5.92 Å². The Kier molecular flexibility index (Phi) is 3.62. The van der Waals surface area contributed by atoms with E-state index in [2.05, 4.69) is 15.0 Å². The van der Waals surface area contributed by atoms with Crippen LogP contribution in [-0.2, 0) is 0 Å². The second kappa shape index (κ2) is 5.18. The van der Waals surface area contributed by atoms with E-state index in [1.54, 1.807) is 18.3 Å². The number of rotatable bonds is 3. The standard InChI is InChI=1S/C12H13ClN4O/c1-7(2)12-16-10(14)4-11(17-12)18-9-3-8(13)5-15-6-9/h3-7H,1-2H3,(H2,14,16,17). The Morgan fingerprint density at radius 2 is 2.00 bits per heavy atom. The summed E-state index contributed by atoms with van der Waals surface area (Å²) < 4.78 is 5.55. The molecule has 0 aliphatic rings. The Morgan fingerprint density at radius 1 is 1.22 bits per heavy atom. The van der Waals surface area contributed by atoms with Gasteiger partial charge in [-0.05, 0) is 0 Å². The average molecular weight is 265 g/mol. The lowest BCUT2D eigenvalue weighted by Crippen LogP contribution is -2.03. The maximum absolute atomic E-state index is 5.82. The smallest absolute Gasteiger partial charge is 0.224 e. The quantitative estimate of drug-likeness (QED) is 0.922. The molecule has 0 fully saturated rings. The van der Waals surface area contributed by atoms with Crippen LogP contribution in [0.25, 0.3) is 0 Å². The van der Waals surface area contributed by atoms with Crippen LogP contribution in [0.5, 0.6) is 11.6 Å². The normalized spacial score (nSPS) is 10.7. The van der Waals surface area contributed by atoms with Crippen LogP contribution in [-0.4, -0.2) is 15.0 Å². The SMILES string of the molecule is CC(C)c1nc(N)cc(Oc2cncc(Cl)c2)n1. The van der Waals surface area contributed by atoms with Gasteiger partial charge in [0.2, 0.25) is 5.88 Å². The largest absolute Gasteiger partial charge is 0.437 e. The van der Waals surface area contributed by atoms with Crippen molar-refractivity contribution in [3.63, 3.8) is 0 Å². The first-order valence-electron chi connectivity index (χ1n) is 5.47. The highest BCUT2D eigenvalue weighted by molar-refractivity contribution is 6.30. The van der Waals surface area contributed by atoms with Crippen LogP contribution >= 0.6 is 11.6 Å². The van der Waals surface area contributed by atoms with E-state index in [9.17, 15) is 0 Å². The van der Waals surface area contributed by atoms with Gasteiger partial charge in [-0.25, -0.2) is 4.98 Å². The van der Waals surface area contributed by atoms with E-state index in [1.807, 2.05) is 13.8 Å². The number of ether oxygens (including phenoxy) is 1. The second-order valence-electron chi connectivity index (χ2n) is 4.08. The fraction of sp³-hybridized carbons (Fsp3) is 0.250. The molecule has 0 atom stereocenters. The number of anilines is 1. The van der Waals surface area contributed by atoms with Gasteiger partial charge in [0, 0.05) is 24.2 Å². The van der Waals surface area contributed by atoms with Gasteiger partial charge in [0.05, 0.1) is 11.2 Å². The molecule has 6 heteroatoms. The minimum Gasteiger partial charge on any atom is -0.437 e. The lowest BCUT2D eigenvalue weighted by molar-refractivity contribution is 0.455. The average Bonchev–Trinajstić information content (AvgIpc) is 2.28. The molecule has 0 amide bonds. The molecule has 94 valence electrons. The molecular weight excluding hydrogens is 252 g/mol. The van der Waals surface area contributed by atoms with Crippen molar-refractivity contribution in [2.45, 2.75) is 19.8 Å².